The van der Waals surface area contributed by atoms with Crippen molar-refractivity contribution >= 4 is 23.6 Å². The van der Waals surface area contributed by atoms with Crippen molar-refractivity contribution in [3.8, 4) is 0 Å². The van der Waals surface area contributed by atoms with Gasteiger partial charge in [-0.2, -0.15) is 0 Å². The third-order valence-electron chi connectivity index (χ3n) is 3.96. The molecule has 2 rings (SSSR count). The van der Waals surface area contributed by atoms with E-state index in [1.54, 1.807) is 24.3 Å². The van der Waals surface area contributed by atoms with Gasteiger partial charge in [-0.15, -0.1) is 0 Å². The van der Waals surface area contributed by atoms with Crippen LogP contribution in [0.1, 0.15) is 53.3 Å². The Morgan fingerprint density at radius 3 is 2.04 bits per heavy atom. The molecular formula is C18H23N3O4. The molecule has 7 nitrogen and oxygen atoms in total. The predicted octanol–water partition coefficient (Wildman–Crippen LogP) is 1.10. The molecule has 0 radical (unpaired) electrons. The Hall–Kier alpha value is -2.70. The average Bonchev–Trinajstić information content (AvgIpc) is 2.83. The van der Waals surface area contributed by atoms with Crippen LogP contribution < -0.4 is 10.6 Å². The summed E-state index contributed by atoms with van der Waals surface area (Å²) in [5.74, 6) is -0.744. The first kappa shape index (κ1) is 18.6. The standard InChI is InChI=1S/C18H23N3O4/c1-13(22)19-10-4-5-11-20-16(23)9-6-12-21-17(24)14-7-2-3-8-15(14)18(21)25/h2-3,7-8H,4-6,9-12H2,1H3,(H,19,22)(H,20,23). The summed E-state index contributed by atoms with van der Waals surface area (Å²) in [7, 11) is 0. The molecule has 7 heteroatoms. The summed E-state index contributed by atoms with van der Waals surface area (Å²) in [6, 6.07) is 6.74. The highest BCUT2D eigenvalue weighted by molar-refractivity contribution is 6.21. The molecule has 2 N–H and O–H groups in total. The third kappa shape index (κ3) is 5.14. The summed E-state index contributed by atoms with van der Waals surface area (Å²) >= 11 is 0. The van der Waals surface area contributed by atoms with Crippen molar-refractivity contribution in [3.05, 3.63) is 35.4 Å². The zero-order valence-corrected chi connectivity index (χ0v) is 14.3. The van der Waals surface area contributed by atoms with Gasteiger partial charge in [0.05, 0.1) is 11.1 Å². The van der Waals surface area contributed by atoms with E-state index < -0.39 is 0 Å². The Morgan fingerprint density at radius 2 is 1.48 bits per heavy atom. The van der Waals surface area contributed by atoms with E-state index in [0.717, 1.165) is 12.8 Å². The Labute approximate surface area is 146 Å². The molecule has 1 aromatic rings. The maximum atomic E-state index is 12.2. The van der Waals surface area contributed by atoms with Crippen LogP contribution in [0.4, 0.5) is 0 Å². The van der Waals surface area contributed by atoms with Gasteiger partial charge < -0.3 is 10.6 Å². The lowest BCUT2D eigenvalue weighted by atomic mass is 10.1. The van der Waals surface area contributed by atoms with Gasteiger partial charge in [-0.3, -0.25) is 24.1 Å². The van der Waals surface area contributed by atoms with Crippen molar-refractivity contribution in [2.24, 2.45) is 0 Å². The largest absolute Gasteiger partial charge is 0.356 e. The third-order valence-corrected chi connectivity index (χ3v) is 3.96. The van der Waals surface area contributed by atoms with Gasteiger partial charge in [0.2, 0.25) is 11.8 Å². The summed E-state index contributed by atoms with van der Waals surface area (Å²) in [6.07, 6.45) is 2.28. The summed E-state index contributed by atoms with van der Waals surface area (Å²) in [6.45, 7) is 2.86. The van der Waals surface area contributed by atoms with Gasteiger partial charge in [-0.25, -0.2) is 0 Å². The van der Waals surface area contributed by atoms with Gasteiger partial charge >= 0.3 is 0 Å². The lowest BCUT2D eigenvalue weighted by molar-refractivity contribution is -0.121. The second-order valence-corrected chi connectivity index (χ2v) is 5.95. The number of carbonyl (C=O) groups excluding carboxylic acids is 4. The molecule has 0 aliphatic carbocycles. The SMILES string of the molecule is CC(=O)NCCCCNC(=O)CCCN1C(=O)c2ccccc2C1=O. The number of nitrogens with zero attached hydrogens (tertiary/aromatic N) is 1. The number of benzene rings is 1. The minimum Gasteiger partial charge on any atom is -0.356 e. The van der Waals surface area contributed by atoms with E-state index in [1.165, 1.54) is 11.8 Å². The van der Waals surface area contributed by atoms with E-state index in [1.807, 2.05) is 0 Å². The van der Waals surface area contributed by atoms with E-state index in [9.17, 15) is 19.2 Å². The molecule has 0 unspecified atom stereocenters. The topological polar surface area (TPSA) is 95.6 Å². The van der Waals surface area contributed by atoms with Gasteiger partial charge in [0.25, 0.3) is 11.8 Å². The van der Waals surface area contributed by atoms with Gasteiger partial charge in [-0.1, -0.05) is 12.1 Å². The van der Waals surface area contributed by atoms with Crippen molar-refractivity contribution in [3.63, 3.8) is 0 Å². The van der Waals surface area contributed by atoms with Crippen molar-refractivity contribution in [2.45, 2.75) is 32.6 Å². The summed E-state index contributed by atoms with van der Waals surface area (Å²) in [5.41, 5.74) is 0.854. The quantitative estimate of drug-likeness (QED) is 0.517. The zero-order valence-electron chi connectivity index (χ0n) is 14.3. The first-order valence-electron chi connectivity index (χ1n) is 8.47. The Balaban J connectivity index is 1.63. The normalized spacial score (nSPS) is 12.9. The van der Waals surface area contributed by atoms with Crippen molar-refractivity contribution in [1.82, 2.24) is 15.5 Å². The van der Waals surface area contributed by atoms with E-state index in [0.29, 0.717) is 30.6 Å². The molecule has 134 valence electrons. The number of rotatable bonds is 9. The van der Waals surface area contributed by atoms with E-state index in [2.05, 4.69) is 10.6 Å². The summed E-state index contributed by atoms with van der Waals surface area (Å²) in [5, 5.41) is 5.49. The zero-order chi connectivity index (χ0) is 18.2. The van der Waals surface area contributed by atoms with Crippen LogP contribution >= 0.6 is 0 Å². The van der Waals surface area contributed by atoms with Crippen molar-refractivity contribution < 1.29 is 19.2 Å². The Morgan fingerprint density at radius 1 is 0.920 bits per heavy atom. The molecule has 4 amide bonds. The van der Waals surface area contributed by atoms with Crippen LogP contribution in [0.25, 0.3) is 0 Å². The van der Waals surface area contributed by atoms with Gasteiger partial charge in [0.15, 0.2) is 0 Å². The Bertz CT molecular complexity index is 637. The molecule has 1 aliphatic rings. The predicted molar refractivity (Wildman–Crippen MR) is 92.0 cm³/mol. The molecule has 0 aromatic heterocycles. The minimum atomic E-state index is -0.293. The second kappa shape index (κ2) is 8.96. The molecule has 1 aliphatic heterocycles. The lowest BCUT2D eigenvalue weighted by Gasteiger charge is -2.13. The fourth-order valence-electron chi connectivity index (χ4n) is 2.67. The molecule has 0 spiro atoms. The van der Waals surface area contributed by atoms with Crippen LogP contribution in [0.3, 0.4) is 0 Å². The van der Waals surface area contributed by atoms with Crippen LogP contribution in [-0.2, 0) is 9.59 Å². The molecule has 0 bridgehead atoms. The molecule has 0 atom stereocenters. The first-order valence-corrected chi connectivity index (χ1v) is 8.47. The average molecular weight is 345 g/mol. The molecule has 25 heavy (non-hydrogen) atoms. The number of fused-ring (bicyclic) bond motifs is 1. The van der Waals surface area contributed by atoms with Crippen molar-refractivity contribution in [2.75, 3.05) is 19.6 Å². The van der Waals surface area contributed by atoms with Crippen LogP contribution in [0.2, 0.25) is 0 Å². The first-order chi connectivity index (χ1) is 12.0. The fraction of sp³-hybridized carbons (Fsp3) is 0.444. The highest BCUT2D eigenvalue weighted by Crippen LogP contribution is 2.22. The van der Waals surface area contributed by atoms with Crippen LogP contribution in [0, 0.1) is 0 Å². The number of carbonyl (C=O) groups is 4. The fourth-order valence-corrected chi connectivity index (χ4v) is 2.67. The molecule has 1 aromatic carbocycles. The van der Waals surface area contributed by atoms with Crippen LogP contribution in [0.15, 0.2) is 24.3 Å². The molecule has 0 fully saturated rings. The van der Waals surface area contributed by atoms with E-state index in [-0.39, 0.29) is 36.6 Å². The summed E-state index contributed by atoms with van der Waals surface area (Å²) < 4.78 is 0. The number of nitrogens with one attached hydrogen (secondary N) is 2. The van der Waals surface area contributed by atoms with Gasteiger partial charge in [0, 0.05) is 33.0 Å². The molecule has 0 saturated heterocycles. The van der Waals surface area contributed by atoms with Crippen molar-refractivity contribution in [1.29, 1.82) is 0 Å². The maximum absolute atomic E-state index is 12.2. The smallest absolute Gasteiger partial charge is 0.261 e. The number of hydrogen-bond acceptors (Lipinski definition) is 4. The van der Waals surface area contributed by atoms with E-state index in [4.69, 9.17) is 0 Å². The Kier molecular flexibility index (Phi) is 6.68. The number of amides is 4. The molecule has 0 saturated carbocycles. The highest BCUT2D eigenvalue weighted by Gasteiger charge is 2.34. The lowest BCUT2D eigenvalue weighted by Crippen LogP contribution is -2.32. The number of unbranched alkanes of at least 4 members (excludes halogenated alkanes) is 1. The highest BCUT2D eigenvalue weighted by atomic mass is 16.2. The minimum absolute atomic E-state index is 0.0582. The maximum Gasteiger partial charge on any atom is 0.261 e. The van der Waals surface area contributed by atoms with Crippen LogP contribution in [-0.4, -0.2) is 48.2 Å². The second-order valence-electron chi connectivity index (χ2n) is 5.95. The monoisotopic (exact) mass is 345 g/mol. The van der Waals surface area contributed by atoms with Crippen LogP contribution in [0.5, 0.6) is 0 Å². The van der Waals surface area contributed by atoms with Gasteiger partial charge in [0.1, 0.15) is 0 Å². The number of imide groups is 1. The molecular weight excluding hydrogens is 322 g/mol. The molecule has 1 heterocycles. The number of hydrogen-bond donors (Lipinski definition) is 2. The van der Waals surface area contributed by atoms with E-state index >= 15 is 0 Å². The van der Waals surface area contributed by atoms with Gasteiger partial charge in [-0.05, 0) is 31.4 Å². The summed E-state index contributed by atoms with van der Waals surface area (Å²) in [4.78, 5) is 48.0.